The largest absolute Gasteiger partial charge is 0.286 e. The van der Waals surface area contributed by atoms with Gasteiger partial charge in [-0.1, -0.05) is 12.1 Å². The average molecular weight is 306 g/mol. The van der Waals surface area contributed by atoms with Crippen LogP contribution in [0.15, 0.2) is 51.9 Å². The van der Waals surface area contributed by atoms with E-state index in [4.69, 9.17) is 0 Å². The highest BCUT2D eigenvalue weighted by molar-refractivity contribution is 7.90. The van der Waals surface area contributed by atoms with E-state index in [-0.39, 0.29) is 16.4 Å². The van der Waals surface area contributed by atoms with Gasteiger partial charge in [0.05, 0.1) is 0 Å². The van der Waals surface area contributed by atoms with Gasteiger partial charge in [-0.15, -0.1) is 4.40 Å². The van der Waals surface area contributed by atoms with Crippen LogP contribution in [0.3, 0.4) is 0 Å². The molecule has 2 aromatic rings. The molecule has 1 aliphatic heterocycles. The van der Waals surface area contributed by atoms with Gasteiger partial charge in [-0.25, -0.2) is 9.82 Å². The van der Waals surface area contributed by atoms with E-state index in [1.165, 1.54) is 29.4 Å². The van der Waals surface area contributed by atoms with Crippen molar-refractivity contribution in [3.8, 4) is 0 Å². The Bertz CT molecular complexity index is 821. The van der Waals surface area contributed by atoms with Gasteiger partial charge in [0.1, 0.15) is 22.1 Å². The Morgan fingerprint density at radius 1 is 1.19 bits per heavy atom. The summed E-state index contributed by atoms with van der Waals surface area (Å²) in [7, 11) is -2.43. The number of rotatable bonds is 2. The Hall–Kier alpha value is -2.32. The van der Waals surface area contributed by atoms with Crippen molar-refractivity contribution in [1.82, 2.24) is 10.4 Å². The topological polar surface area (TPSA) is 74.7 Å². The van der Waals surface area contributed by atoms with Crippen LogP contribution in [-0.4, -0.2) is 26.3 Å². The zero-order chi connectivity index (χ0) is 15.0. The van der Waals surface area contributed by atoms with E-state index >= 15 is 0 Å². The number of nitrogens with zero attached hydrogens (tertiary/aromatic N) is 3. The number of aromatic nitrogens is 1. The molecule has 1 N–H and O–H groups in total. The van der Waals surface area contributed by atoms with Gasteiger partial charge in [0.25, 0.3) is 10.0 Å². The number of amidine groups is 1. The summed E-state index contributed by atoms with van der Waals surface area (Å²) in [6.07, 6.45) is 1.51. The summed E-state index contributed by atoms with van der Waals surface area (Å²) < 4.78 is 42.3. The number of para-hydroxylation sites is 1. The average Bonchev–Trinajstić information content (AvgIpc) is 2.48. The van der Waals surface area contributed by atoms with Crippen LogP contribution in [0, 0.1) is 5.82 Å². The summed E-state index contributed by atoms with van der Waals surface area (Å²) in [5.74, 6) is -0.635. The molecule has 0 fully saturated rings. The molecule has 0 radical (unpaired) electrons. The van der Waals surface area contributed by atoms with Crippen molar-refractivity contribution in [1.29, 1.82) is 0 Å². The molecule has 0 spiro atoms. The molecule has 0 atom stereocenters. The predicted molar refractivity (Wildman–Crippen MR) is 75.9 cm³/mol. The highest BCUT2D eigenvalue weighted by Gasteiger charge is 2.33. The Morgan fingerprint density at radius 2 is 2.00 bits per heavy atom. The van der Waals surface area contributed by atoms with Crippen LogP contribution in [0.2, 0.25) is 0 Å². The third kappa shape index (κ3) is 2.18. The third-order valence-electron chi connectivity index (χ3n) is 2.99. The fourth-order valence-electron chi connectivity index (χ4n) is 2.10. The standard InChI is InChI=1S/C13H11FN4O2S/c1-15-18-12-9(14)5-4-7-11(12)21(19,20)17-13(18)10-6-2-3-8-16-10/h2-8,15H,1H3. The number of hydrazine groups is 1. The van der Waals surface area contributed by atoms with Gasteiger partial charge in [-0.2, -0.15) is 8.42 Å². The van der Waals surface area contributed by atoms with Crippen LogP contribution in [0.4, 0.5) is 10.1 Å². The quantitative estimate of drug-likeness (QED) is 0.905. The Kier molecular flexibility index (Phi) is 3.19. The lowest BCUT2D eigenvalue weighted by atomic mass is 10.2. The number of nitrogens with one attached hydrogen (secondary N) is 1. The van der Waals surface area contributed by atoms with Gasteiger partial charge >= 0.3 is 0 Å². The zero-order valence-electron chi connectivity index (χ0n) is 11.0. The van der Waals surface area contributed by atoms with Crippen molar-refractivity contribution in [2.45, 2.75) is 4.90 Å². The highest BCUT2D eigenvalue weighted by Crippen LogP contribution is 2.33. The molecule has 21 heavy (non-hydrogen) atoms. The van der Waals surface area contributed by atoms with Crippen LogP contribution in [0.5, 0.6) is 0 Å². The molecule has 0 amide bonds. The van der Waals surface area contributed by atoms with Crippen LogP contribution in [0.1, 0.15) is 5.69 Å². The number of sulfonamides is 1. The van der Waals surface area contributed by atoms with Gasteiger partial charge < -0.3 is 0 Å². The monoisotopic (exact) mass is 306 g/mol. The summed E-state index contributed by atoms with van der Waals surface area (Å²) in [4.78, 5) is 3.89. The lowest BCUT2D eigenvalue weighted by Gasteiger charge is -2.29. The number of halogens is 1. The van der Waals surface area contributed by atoms with Crippen molar-refractivity contribution >= 4 is 21.5 Å². The first-order chi connectivity index (χ1) is 10.0. The van der Waals surface area contributed by atoms with Gasteiger partial charge in [0.2, 0.25) is 0 Å². The van der Waals surface area contributed by atoms with Gasteiger partial charge in [0, 0.05) is 13.2 Å². The molecule has 0 saturated carbocycles. The molecule has 2 heterocycles. The number of anilines is 1. The fourth-order valence-corrected chi connectivity index (χ4v) is 3.29. The molecule has 0 saturated heterocycles. The third-order valence-corrected chi connectivity index (χ3v) is 4.29. The minimum absolute atomic E-state index is 0.0238. The second kappa shape index (κ2) is 4.90. The smallest absolute Gasteiger partial charge is 0.253 e. The maximum atomic E-state index is 14.1. The molecule has 1 aromatic carbocycles. The molecule has 108 valence electrons. The van der Waals surface area contributed by atoms with E-state index in [1.54, 1.807) is 25.2 Å². The van der Waals surface area contributed by atoms with Gasteiger partial charge in [-0.05, 0) is 24.3 Å². The van der Waals surface area contributed by atoms with Gasteiger partial charge in [-0.3, -0.25) is 9.99 Å². The summed E-state index contributed by atoms with van der Waals surface area (Å²) in [6.45, 7) is 0. The molecule has 3 rings (SSSR count). The minimum atomic E-state index is -3.98. The molecular formula is C13H11FN4O2S. The maximum Gasteiger partial charge on any atom is 0.286 e. The number of pyridine rings is 1. The first-order valence-corrected chi connectivity index (χ1v) is 7.51. The van der Waals surface area contributed by atoms with E-state index in [2.05, 4.69) is 14.8 Å². The molecule has 8 heteroatoms. The SMILES string of the molecule is CNN1C(c2ccccn2)=NS(=O)(=O)c2cccc(F)c21. The molecule has 1 aromatic heterocycles. The molecular weight excluding hydrogens is 295 g/mol. The second-order valence-electron chi connectivity index (χ2n) is 4.25. The minimum Gasteiger partial charge on any atom is -0.253 e. The maximum absolute atomic E-state index is 14.1. The van der Waals surface area contributed by atoms with Crippen molar-refractivity contribution in [3.63, 3.8) is 0 Å². The van der Waals surface area contributed by atoms with Crippen LogP contribution >= 0.6 is 0 Å². The first-order valence-electron chi connectivity index (χ1n) is 6.07. The number of benzene rings is 1. The van der Waals surface area contributed by atoms with E-state index in [1.807, 2.05) is 0 Å². The summed E-state index contributed by atoms with van der Waals surface area (Å²) in [6, 6.07) is 8.84. The second-order valence-corrected chi connectivity index (χ2v) is 5.82. The summed E-state index contributed by atoms with van der Waals surface area (Å²) >= 11 is 0. The summed E-state index contributed by atoms with van der Waals surface area (Å²) in [5, 5.41) is 1.27. The van der Waals surface area contributed by atoms with Crippen molar-refractivity contribution in [3.05, 3.63) is 54.1 Å². The Morgan fingerprint density at radius 3 is 2.67 bits per heavy atom. The fraction of sp³-hybridized carbons (Fsp3) is 0.0769. The van der Waals surface area contributed by atoms with Gasteiger partial charge in [0.15, 0.2) is 5.84 Å². The van der Waals surface area contributed by atoms with E-state index in [0.717, 1.165) is 0 Å². The van der Waals surface area contributed by atoms with Crippen molar-refractivity contribution < 1.29 is 12.8 Å². The number of hydrogen-bond acceptors (Lipinski definition) is 5. The lowest BCUT2D eigenvalue weighted by Crippen LogP contribution is -2.45. The van der Waals surface area contributed by atoms with E-state index < -0.39 is 15.8 Å². The highest BCUT2D eigenvalue weighted by atomic mass is 32.2. The Labute approximate surface area is 121 Å². The van der Waals surface area contributed by atoms with E-state index in [0.29, 0.717) is 5.69 Å². The lowest BCUT2D eigenvalue weighted by molar-refractivity contribution is 0.587. The van der Waals surface area contributed by atoms with E-state index in [9.17, 15) is 12.8 Å². The van der Waals surface area contributed by atoms with Crippen molar-refractivity contribution in [2.75, 3.05) is 12.1 Å². The molecule has 0 bridgehead atoms. The first kappa shape index (κ1) is 13.7. The molecule has 6 nitrogen and oxygen atoms in total. The van der Waals surface area contributed by atoms with Crippen LogP contribution in [-0.2, 0) is 10.0 Å². The predicted octanol–water partition coefficient (Wildman–Crippen LogP) is 1.31. The number of hydrogen-bond donors (Lipinski definition) is 1. The summed E-state index contributed by atoms with van der Waals surface area (Å²) in [5.41, 5.74) is 2.98. The normalized spacial score (nSPS) is 16.3. The van der Waals surface area contributed by atoms with Crippen molar-refractivity contribution in [2.24, 2.45) is 4.40 Å². The molecule has 1 aliphatic rings. The Balaban J connectivity index is 2.29. The van der Waals surface area contributed by atoms with Crippen LogP contribution < -0.4 is 10.4 Å². The molecule has 0 unspecified atom stereocenters. The zero-order valence-corrected chi connectivity index (χ0v) is 11.8. The van der Waals surface area contributed by atoms with Crippen LogP contribution in [0.25, 0.3) is 0 Å². The molecule has 0 aliphatic carbocycles. The number of fused-ring (bicyclic) bond motifs is 1.